The molecule has 0 aromatic heterocycles. The minimum absolute atomic E-state index is 0.0443. The Morgan fingerprint density at radius 3 is 2.58 bits per heavy atom. The summed E-state index contributed by atoms with van der Waals surface area (Å²) in [5.74, 6) is 0.860. The first-order valence-electron chi connectivity index (χ1n) is 10.7. The predicted molar refractivity (Wildman–Crippen MR) is 121 cm³/mol. The van der Waals surface area contributed by atoms with Gasteiger partial charge in [-0.25, -0.2) is 0 Å². The highest BCUT2D eigenvalue weighted by atomic mass is 16.5. The molecule has 0 bridgehead atoms. The molecule has 6 heteroatoms. The molecule has 1 aliphatic rings. The summed E-state index contributed by atoms with van der Waals surface area (Å²) in [5, 5.41) is 0. The van der Waals surface area contributed by atoms with Crippen LogP contribution >= 0.6 is 0 Å². The Morgan fingerprint density at radius 1 is 1.10 bits per heavy atom. The molecule has 2 aromatic rings. The fourth-order valence-electron chi connectivity index (χ4n) is 3.62. The number of rotatable bonds is 11. The van der Waals surface area contributed by atoms with Crippen molar-refractivity contribution in [1.82, 2.24) is 9.80 Å². The summed E-state index contributed by atoms with van der Waals surface area (Å²) < 4.78 is 17.0. The average Bonchev–Trinajstić information content (AvgIpc) is 2.82. The summed E-state index contributed by atoms with van der Waals surface area (Å²) in [5.41, 5.74) is 2.15. The third-order valence-corrected chi connectivity index (χ3v) is 5.37. The molecule has 1 saturated heterocycles. The van der Waals surface area contributed by atoms with E-state index in [1.807, 2.05) is 53.4 Å². The number of benzene rings is 2. The smallest absolute Gasteiger partial charge is 0.248 e. The van der Waals surface area contributed by atoms with E-state index in [4.69, 9.17) is 14.2 Å². The van der Waals surface area contributed by atoms with Gasteiger partial charge < -0.3 is 19.1 Å². The van der Waals surface area contributed by atoms with Crippen molar-refractivity contribution < 1.29 is 19.0 Å². The van der Waals surface area contributed by atoms with Crippen molar-refractivity contribution in [1.29, 1.82) is 0 Å². The zero-order valence-corrected chi connectivity index (χ0v) is 18.2. The first-order valence-corrected chi connectivity index (χ1v) is 10.7. The summed E-state index contributed by atoms with van der Waals surface area (Å²) in [6.07, 6.45) is 1.68. The van der Waals surface area contributed by atoms with E-state index in [1.165, 1.54) is 0 Å². The van der Waals surface area contributed by atoms with Crippen molar-refractivity contribution in [2.45, 2.75) is 12.7 Å². The normalized spacial score (nSPS) is 15.5. The molecule has 1 heterocycles. The van der Waals surface area contributed by atoms with E-state index in [0.717, 1.165) is 36.5 Å². The van der Waals surface area contributed by atoms with Crippen LogP contribution in [0.2, 0.25) is 0 Å². The lowest BCUT2D eigenvalue weighted by Crippen LogP contribution is -2.50. The zero-order chi connectivity index (χ0) is 21.9. The quantitative estimate of drug-likeness (QED) is 0.518. The topological polar surface area (TPSA) is 51.2 Å². The Kier molecular flexibility index (Phi) is 9.09. The van der Waals surface area contributed by atoms with E-state index in [0.29, 0.717) is 26.3 Å². The standard InChI is InChI=1S/C25H32N2O4/c1-3-16-31-24(22-10-7-11-23(17-22)29-2)18-26-12-14-27(15-13-26)25(28)20-30-19-21-8-5-4-6-9-21/h3-11,17,24H,1,12-16,18-20H2,2H3. The minimum Gasteiger partial charge on any atom is -0.497 e. The number of ether oxygens (including phenoxy) is 3. The fraction of sp³-hybridized carbons (Fsp3) is 0.400. The molecule has 1 aliphatic heterocycles. The molecule has 6 nitrogen and oxygen atoms in total. The Hall–Kier alpha value is -2.67. The van der Waals surface area contributed by atoms with Crippen LogP contribution in [0.15, 0.2) is 67.3 Å². The second-order valence-electron chi connectivity index (χ2n) is 7.55. The van der Waals surface area contributed by atoms with Gasteiger partial charge in [-0.1, -0.05) is 48.5 Å². The van der Waals surface area contributed by atoms with Gasteiger partial charge in [0.05, 0.1) is 26.4 Å². The van der Waals surface area contributed by atoms with E-state index in [9.17, 15) is 4.79 Å². The molecule has 1 atom stereocenters. The number of hydrogen-bond acceptors (Lipinski definition) is 5. The summed E-state index contributed by atoms with van der Waals surface area (Å²) in [4.78, 5) is 16.7. The van der Waals surface area contributed by atoms with Crippen LogP contribution in [0, 0.1) is 0 Å². The molecule has 0 aliphatic carbocycles. The number of hydrogen-bond donors (Lipinski definition) is 0. The number of methoxy groups -OCH3 is 1. The van der Waals surface area contributed by atoms with E-state index >= 15 is 0 Å². The van der Waals surface area contributed by atoms with Crippen molar-refractivity contribution in [3.8, 4) is 5.75 Å². The minimum atomic E-state index is -0.0791. The van der Waals surface area contributed by atoms with Crippen molar-refractivity contribution in [3.63, 3.8) is 0 Å². The van der Waals surface area contributed by atoms with Crippen LogP contribution in [0.1, 0.15) is 17.2 Å². The summed E-state index contributed by atoms with van der Waals surface area (Å²) in [6, 6.07) is 17.9. The lowest BCUT2D eigenvalue weighted by molar-refractivity contribution is -0.138. The monoisotopic (exact) mass is 424 g/mol. The molecule has 0 N–H and O–H groups in total. The average molecular weight is 425 g/mol. The largest absolute Gasteiger partial charge is 0.497 e. The maximum atomic E-state index is 12.5. The molecular formula is C25H32N2O4. The maximum Gasteiger partial charge on any atom is 0.248 e. The lowest BCUT2D eigenvalue weighted by atomic mass is 10.1. The third-order valence-electron chi connectivity index (χ3n) is 5.37. The van der Waals surface area contributed by atoms with Crippen molar-refractivity contribution in [3.05, 3.63) is 78.4 Å². The van der Waals surface area contributed by atoms with Crippen molar-refractivity contribution in [2.75, 3.05) is 53.0 Å². The third kappa shape index (κ3) is 7.21. The molecule has 0 spiro atoms. The van der Waals surface area contributed by atoms with Gasteiger partial charge in [-0.3, -0.25) is 9.69 Å². The van der Waals surface area contributed by atoms with Gasteiger partial charge in [-0.05, 0) is 23.3 Å². The van der Waals surface area contributed by atoms with E-state index in [1.54, 1.807) is 13.2 Å². The van der Waals surface area contributed by atoms with Crippen molar-refractivity contribution >= 4 is 5.91 Å². The van der Waals surface area contributed by atoms with Gasteiger partial charge in [0.25, 0.3) is 0 Å². The fourth-order valence-corrected chi connectivity index (χ4v) is 3.62. The van der Waals surface area contributed by atoms with Crippen LogP contribution in [0.5, 0.6) is 5.75 Å². The highest BCUT2D eigenvalue weighted by Crippen LogP contribution is 2.23. The maximum absolute atomic E-state index is 12.5. The van der Waals surface area contributed by atoms with Crippen LogP contribution < -0.4 is 4.74 Å². The van der Waals surface area contributed by atoms with Gasteiger partial charge in [-0.2, -0.15) is 0 Å². The van der Waals surface area contributed by atoms with Crippen LogP contribution in [0.4, 0.5) is 0 Å². The summed E-state index contributed by atoms with van der Waals surface area (Å²) in [6.45, 7) is 8.58. The van der Waals surface area contributed by atoms with Crippen LogP contribution in [0.3, 0.4) is 0 Å². The van der Waals surface area contributed by atoms with Gasteiger partial charge in [0.15, 0.2) is 0 Å². The Balaban J connectivity index is 1.46. The highest BCUT2D eigenvalue weighted by Gasteiger charge is 2.24. The van der Waals surface area contributed by atoms with Gasteiger partial charge in [-0.15, -0.1) is 6.58 Å². The van der Waals surface area contributed by atoms with Gasteiger partial charge in [0.2, 0.25) is 5.91 Å². The number of carbonyl (C=O) groups is 1. The Bertz CT molecular complexity index is 819. The molecule has 1 fully saturated rings. The van der Waals surface area contributed by atoms with E-state index in [2.05, 4.69) is 17.5 Å². The predicted octanol–water partition coefficient (Wildman–Crippen LogP) is 3.30. The Labute approximate surface area is 185 Å². The molecule has 31 heavy (non-hydrogen) atoms. The van der Waals surface area contributed by atoms with Crippen molar-refractivity contribution in [2.24, 2.45) is 0 Å². The van der Waals surface area contributed by atoms with Crippen LogP contribution in [0.25, 0.3) is 0 Å². The number of piperazine rings is 1. The molecule has 3 rings (SSSR count). The van der Waals surface area contributed by atoms with Gasteiger partial charge in [0.1, 0.15) is 12.4 Å². The second kappa shape index (κ2) is 12.2. The number of carbonyl (C=O) groups excluding carboxylic acids is 1. The molecular weight excluding hydrogens is 392 g/mol. The lowest BCUT2D eigenvalue weighted by Gasteiger charge is -2.36. The molecule has 1 unspecified atom stereocenters. The second-order valence-corrected chi connectivity index (χ2v) is 7.55. The van der Waals surface area contributed by atoms with E-state index in [-0.39, 0.29) is 18.6 Å². The van der Waals surface area contributed by atoms with Crippen LogP contribution in [-0.2, 0) is 20.9 Å². The molecule has 2 aromatic carbocycles. The molecule has 1 amide bonds. The van der Waals surface area contributed by atoms with Crippen LogP contribution in [-0.4, -0.2) is 68.8 Å². The van der Waals surface area contributed by atoms with Gasteiger partial charge in [0, 0.05) is 32.7 Å². The molecule has 0 radical (unpaired) electrons. The van der Waals surface area contributed by atoms with E-state index < -0.39 is 0 Å². The first kappa shape index (κ1) is 23.0. The molecule has 0 saturated carbocycles. The first-order chi connectivity index (χ1) is 15.2. The highest BCUT2D eigenvalue weighted by molar-refractivity contribution is 5.77. The number of amides is 1. The summed E-state index contributed by atoms with van der Waals surface area (Å²) >= 11 is 0. The SMILES string of the molecule is C=CCOC(CN1CCN(C(=O)COCc2ccccc2)CC1)c1cccc(OC)c1. The summed E-state index contributed by atoms with van der Waals surface area (Å²) in [7, 11) is 1.67. The number of nitrogens with zero attached hydrogens (tertiary/aromatic N) is 2. The van der Waals surface area contributed by atoms with Gasteiger partial charge >= 0.3 is 0 Å². The molecule has 166 valence electrons. The Morgan fingerprint density at radius 2 is 1.87 bits per heavy atom. The zero-order valence-electron chi connectivity index (χ0n) is 18.2.